The van der Waals surface area contributed by atoms with Crippen molar-refractivity contribution in [1.82, 2.24) is 15.2 Å². The highest BCUT2D eigenvalue weighted by Gasteiger charge is 2.38. The van der Waals surface area contributed by atoms with E-state index in [2.05, 4.69) is 24.1 Å². The summed E-state index contributed by atoms with van der Waals surface area (Å²) in [5, 5.41) is 3.65. The molecule has 2 fully saturated rings. The molecule has 1 aliphatic carbocycles. The van der Waals surface area contributed by atoms with Crippen LogP contribution in [-0.2, 0) is 39.8 Å². The van der Waals surface area contributed by atoms with E-state index in [1.807, 2.05) is 0 Å². The number of ether oxygens (including phenoxy) is 2. The molecule has 4 rings (SSSR count). The average Bonchev–Trinajstić information content (AvgIpc) is 3.36. The third-order valence-electron chi connectivity index (χ3n) is 7.57. The van der Waals surface area contributed by atoms with E-state index in [0.717, 1.165) is 25.7 Å². The van der Waals surface area contributed by atoms with Crippen molar-refractivity contribution in [2.75, 3.05) is 33.4 Å². The van der Waals surface area contributed by atoms with Gasteiger partial charge >= 0.3 is 6.18 Å². The molecule has 4 unspecified atom stereocenters. The number of hydrogen-bond donors (Lipinski definition) is 2. The van der Waals surface area contributed by atoms with Crippen LogP contribution in [0.4, 0.5) is 13.2 Å². The molecular weight excluding hydrogens is 497 g/mol. The van der Waals surface area contributed by atoms with Crippen molar-refractivity contribution >= 4 is 5.91 Å². The SMILES string of the molecule is CCC.COC1COCCC1NC1CCC(C(=O)N2CCc3nc(CCCCN)c(C(F)(F)F)cc3C2)C1. The van der Waals surface area contributed by atoms with E-state index in [4.69, 9.17) is 15.2 Å². The Hall–Kier alpha value is -1.75. The zero-order chi connectivity index (χ0) is 27.7. The van der Waals surface area contributed by atoms with Crippen LogP contribution in [0.3, 0.4) is 0 Å². The fourth-order valence-electron chi connectivity index (χ4n) is 5.63. The van der Waals surface area contributed by atoms with Crippen LogP contribution in [0.5, 0.6) is 0 Å². The normalized spacial score (nSPS) is 25.5. The quantitative estimate of drug-likeness (QED) is 0.478. The minimum absolute atomic E-state index is 0.00706. The summed E-state index contributed by atoms with van der Waals surface area (Å²) in [4.78, 5) is 19.4. The van der Waals surface area contributed by atoms with Crippen LogP contribution >= 0.6 is 0 Å². The highest BCUT2D eigenvalue weighted by atomic mass is 19.4. The van der Waals surface area contributed by atoms with Gasteiger partial charge in [0, 0.05) is 56.9 Å². The topological polar surface area (TPSA) is 89.7 Å². The number of amides is 1. The molecule has 1 aromatic rings. The maximum Gasteiger partial charge on any atom is 0.418 e. The lowest BCUT2D eigenvalue weighted by atomic mass is 9.97. The molecule has 1 saturated heterocycles. The van der Waals surface area contributed by atoms with Gasteiger partial charge in [-0.1, -0.05) is 20.3 Å². The van der Waals surface area contributed by atoms with Gasteiger partial charge in [0.25, 0.3) is 0 Å². The van der Waals surface area contributed by atoms with Crippen molar-refractivity contribution in [3.05, 3.63) is 28.6 Å². The van der Waals surface area contributed by atoms with Crippen molar-refractivity contribution in [2.24, 2.45) is 11.7 Å². The number of nitrogens with one attached hydrogen (secondary N) is 1. The predicted octanol–water partition coefficient (Wildman–Crippen LogP) is 4.25. The fraction of sp³-hybridized carbons (Fsp3) is 0.786. The number of halogens is 3. The Morgan fingerprint density at radius 3 is 2.71 bits per heavy atom. The summed E-state index contributed by atoms with van der Waals surface area (Å²) >= 11 is 0. The summed E-state index contributed by atoms with van der Waals surface area (Å²) in [6, 6.07) is 1.66. The number of pyridine rings is 1. The van der Waals surface area contributed by atoms with Gasteiger partial charge in [0.05, 0.1) is 24.0 Å². The predicted molar refractivity (Wildman–Crippen MR) is 141 cm³/mol. The number of unbranched alkanes of at least 4 members (excludes halogenated alkanes) is 1. The van der Waals surface area contributed by atoms with E-state index in [0.29, 0.717) is 56.8 Å². The number of hydrogen-bond acceptors (Lipinski definition) is 6. The van der Waals surface area contributed by atoms with Crippen LogP contribution in [0.25, 0.3) is 0 Å². The minimum Gasteiger partial charge on any atom is -0.379 e. The van der Waals surface area contributed by atoms with Crippen LogP contribution in [0.1, 0.15) is 81.3 Å². The Morgan fingerprint density at radius 2 is 2.03 bits per heavy atom. The summed E-state index contributed by atoms with van der Waals surface area (Å²) in [5.41, 5.74) is 6.10. The first-order valence-electron chi connectivity index (χ1n) is 14.2. The average molecular weight is 543 g/mol. The van der Waals surface area contributed by atoms with Crippen molar-refractivity contribution in [2.45, 2.75) is 103 Å². The smallest absolute Gasteiger partial charge is 0.379 e. The van der Waals surface area contributed by atoms with Gasteiger partial charge in [-0.05, 0) is 63.1 Å². The highest BCUT2D eigenvalue weighted by Crippen LogP contribution is 2.35. The molecular formula is C28H45F3N4O3. The van der Waals surface area contributed by atoms with E-state index in [1.54, 1.807) is 12.0 Å². The number of nitrogens with zero attached hydrogens (tertiary/aromatic N) is 2. The summed E-state index contributed by atoms with van der Waals surface area (Å²) in [5.74, 6) is -0.0729. The third kappa shape index (κ3) is 8.13. The van der Waals surface area contributed by atoms with E-state index in [9.17, 15) is 18.0 Å². The maximum absolute atomic E-state index is 13.7. The summed E-state index contributed by atoms with van der Waals surface area (Å²) in [7, 11) is 1.69. The minimum atomic E-state index is -4.47. The molecule has 3 aliphatic rings. The monoisotopic (exact) mass is 542 g/mol. The molecule has 1 amide bonds. The number of alkyl halides is 3. The van der Waals surface area contributed by atoms with Gasteiger partial charge in [-0.25, -0.2) is 0 Å². The molecule has 1 aromatic heterocycles. The number of aryl methyl sites for hydroxylation is 1. The zero-order valence-electron chi connectivity index (χ0n) is 23.1. The maximum atomic E-state index is 13.7. The first-order valence-corrected chi connectivity index (χ1v) is 14.2. The van der Waals surface area contributed by atoms with Gasteiger partial charge in [0.15, 0.2) is 0 Å². The molecule has 0 radical (unpaired) electrons. The van der Waals surface area contributed by atoms with Crippen LogP contribution in [-0.4, -0.2) is 67.4 Å². The number of aromatic nitrogens is 1. The Labute approximate surface area is 225 Å². The molecule has 0 aromatic carbocycles. The van der Waals surface area contributed by atoms with Crippen LogP contribution in [0.2, 0.25) is 0 Å². The van der Waals surface area contributed by atoms with Crippen LogP contribution in [0.15, 0.2) is 6.07 Å². The lowest BCUT2D eigenvalue weighted by Gasteiger charge is -2.33. The number of rotatable bonds is 8. The summed E-state index contributed by atoms with van der Waals surface area (Å²) in [6.07, 6.45) is 2.07. The Morgan fingerprint density at radius 1 is 1.26 bits per heavy atom. The highest BCUT2D eigenvalue weighted by molar-refractivity contribution is 5.79. The third-order valence-corrected chi connectivity index (χ3v) is 7.57. The molecule has 1 saturated carbocycles. The zero-order valence-corrected chi connectivity index (χ0v) is 23.1. The van der Waals surface area contributed by atoms with Gasteiger partial charge in [-0.2, -0.15) is 13.2 Å². The molecule has 38 heavy (non-hydrogen) atoms. The number of carbonyl (C=O) groups excluding carboxylic acids is 1. The molecule has 2 aliphatic heterocycles. The number of nitrogens with two attached hydrogens (primary N) is 1. The first kappa shape index (κ1) is 30.8. The van der Waals surface area contributed by atoms with Gasteiger partial charge in [0.1, 0.15) is 0 Å². The van der Waals surface area contributed by atoms with E-state index in [1.165, 1.54) is 12.5 Å². The Balaban J connectivity index is 0.00000127. The van der Waals surface area contributed by atoms with E-state index in [-0.39, 0.29) is 48.7 Å². The van der Waals surface area contributed by atoms with E-state index < -0.39 is 11.7 Å². The second-order valence-corrected chi connectivity index (χ2v) is 10.7. The summed E-state index contributed by atoms with van der Waals surface area (Å²) < 4.78 is 52.3. The number of carbonyl (C=O) groups is 1. The van der Waals surface area contributed by atoms with Crippen molar-refractivity contribution in [1.29, 1.82) is 0 Å². The Kier molecular flexibility index (Phi) is 11.8. The van der Waals surface area contributed by atoms with E-state index >= 15 is 0 Å². The van der Waals surface area contributed by atoms with Gasteiger partial charge < -0.3 is 25.4 Å². The van der Waals surface area contributed by atoms with Crippen LogP contribution in [0, 0.1) is 5.92 Å². The molecule has 7 nitrogen and oxygen atoms in total. The Bertz CT molecular complexity index is 899. The molecule has 4 atom stereocenters. The van der Waals surface area contributed by atoms with Crippen molar-refractivity contribution < 1.29 is 27.4 Å². The molecule has 3 heterocycles. The molecule has 0 bridgehead atoms. The second-order valence-electron chi connectivity index (χ2n) is 10.7. The standard InChI is InChI=1S/C25H37F3N4O3.C3H8/c1-34-23-15-35-11-8-22(23)30-18-6-5-16(12-18)24(33)32-10-7-20-17(14-32)13-19(25(26,27)28)21(31-20)4-2-3-9-29;1-3-2/h13,16,18,22-23,30H,2-12,14-15,29H2,1H3;3H2,1-2H3. The summed E-state index contributed by atoms with van der Waals surface area (Å²) in [6.45, 7) is 6.64. The van der Waals surface area contributed by atoms with Gasteiger partial charge in [0.2, 0.25) is 5.91 Å². The number of fused-ring (bicyclic) bond motifs is 1. The molecule has 0 spiro atoms. The van der Waals surface area contributed by atoms with Gasteiger partial charge in [-0.15, -0.1) is 0 Å². The largest absolute Gasteiger partial charge is 0.418 e. The molecule has 216 valence electrons. The van der Waals surface area contributed by atoms with Crippen molar-refractivity contribution in [3.63, 3.8) is 0 Å². The van der Waals surface area contributed by atoms with Gasteiger partial charge in [-0.3, -0.25) is 9.78 Å². The van der Waals surface area contributed by atoms with Crippen LogP contribution < -0.4 is 11.1 Å². The molecule has 10 heteroatoms. The lowest BCUT2D eigenvalue weighted by Crippen LogP contribution is -2.50. The first-order chi connectivity index (χ1) is 18.2. The number of methoxy groups -OCH3 is 1. The fourth-order valence-corrected chi connectivity index (χ4v) is 5.63. The molecule has 3 N–H and O–H groups in total. The van der Waals surface area contributed by atoms with Crippen molar-refractivity contribution in [3.8, 4) is 0 Å². The second kappa shape index (κ2) is 14.6. The lowest BCUT2D eigenvalue weighted by molar-refractivity contribution is -0.138.